The molecular formula is C6H12N2O2. The normalized spacial score (nSPS) is 10.9. The van der Waals surface area contributed by atoms with Gasteiger partial charge in [0.05, 0.1) is 5.71 Å². The quantitative estimate of drug-likeness (QED) is 0.359. The zero-order valence-electron chi connectivity index (χ0n) is 6.47. The number of rotatable bonds is 2. The second kappa shape index (κ2) is 4.78. The smallest absolute Gasteiger partial charge is 0.323 e. The summed E-state index contributed by atoms with van der Waals surface area (Å²) in [6.07, 6.45) is 0.254. The third kappa shape index (κ3) is 3.88. The van der Waals surface area contributed by atoms with Gasteiger partial charge in [-0.25, -0.2) is 4.79 Å². The zero-order valence-corrected chi connectivity index (χ0v) is 6.47. The van der Waals surface area contributed by atoms with Crippen molar-refractivity contribution in [3.05, 3.63) is 0 Å². The Bertz CT molecular complexity index is 143. The van der Waals surface area contributed by atoms with Crippen LogP contribution in [0.2, 0.25) is 0 Å². The fraction of sp³-hybridized carbons (Fsp3) is 0.667. The molecule has 0 aromatic carbocycles. The predicted octanol–water partition coefficient (Wildman–Crippen LogP) is 1.13. The molecule has 0 atom stereocenters. The van der Waals surface area contributed by atoms with E-state index in [0.29, 0.717) is 0 Å². The molecule has 0 spiro atoms. The number of amides is 1. The number of nitrogens with one attached hydrogen (secondary N) is 1. The molecule has 58 valence electrons. The Morgan fingerprint density at radius 3 is 2.70 bits per heavy atom. The van der Waals surface area contributed by atoms with E-state index in [2.05, 4.69) is 15.3 Å². The predicted molar refractivity (Wildman–Crippen MR) is 38.9 cm³/mol. The molecule has 0 fully saturated rings. The average molecular weight is 144 g/mol. The lowest BCUT2D eigenvalue weighted by Gasteiger charge is -1.95. The SMILES string of the molecule is CC/C(C)=N/OC(=O)NC. The lowest BCUT2D eigenvalue weighted by molar-refractivity contribution is 0.153. The van der Waals surface area contributed by atoms with Gasteiger partial charge in [0, 0.05) is 7.05 Å². The standard InChI is InChI=1S/C6H12N2O2/c1-4-5(2)8-10-6(9)7-3/h4H2,1-3H3,(H,7,9)/b8-5+. The lowest BCUT2D eigenvalue weighted by atomic mass is 10.3. The van der Waals surface area contributed by atoms with Gasteiger partial charge in [-0.05, 0) is 13.3 Å². The van der Waals surface area contributed by atoms with Gasteiger partial charge in [0.2, 0.25) is 0 Å². The van der Waals surface area contributed by atoms with Crippen LogP contribution in [-0.2, 0) is 4.84 Å². The summed E-state index contributed by atoms with van der Waals surface area (Å²) in [5.41, 5.74) is 0.795. The van der Waals surface area contributed by atoms with Gasteiger partial charge < -0.3 is 5.32 Å². The highest BCUT2D eigenvalue weighted by atomic mass is 16.7. The molecule has 1 amide bonds. The maximum Gasteiger partial charge on any atom is 0.433 e. The van der Waals surface area contributed by atoms with E-state index >= 15 is 0 Å². The van der Waals surface area contributed by atoms with E-state index in [4.69, 9.17) is 0 Å². The molecule has 0 unspecified atom stereocenters. The molecule has 0 aliphatic heterocycles. The number of nitrogens with zero attached hydrogens (tertiary/aromatic N) is 1. The van der Waals surface area contributed by atoms with Crippen LogP contribution < -0.4 is 5.32 Å². The van der Waals surface area contributed by atoms with Crippen LogP contribution in [0, 0.1) is 0 Å². The molecule has 0 aliphatic rings. The number of hydrogen-bond donors (Lipinski definition) is 1. The number of oxime groups is 1. The maximum absolute atomic E-state index is 10.4. The minimum atomic E-state index is -0.534. The van der Waals surface area contributed by atoms with Crippen molar-refractivity contribution in [2.75, 3.05) is 7.05 Å². The summed E-state index contributed by atoms with van der Waals surface area (Å²) in [4.78, 5) is 14.8. The van der Waals surface area contributed by atoms with Crippen LogP contribution in [0.25, 0.3) is 0 Å². The highest BCUT2D eigenvalue weighted by Crippen LogP contribution is 1.85. The van der Waals surface area contributed by atoms with Gasteiger partial charge in [-0.1, -0.05) is 12.1 Å². The van der Waals surface area contributed by atoms with E-state index in [0.717, 1.165) is 12.1 Å². The molecule has 0 aromatic rings. The highest BCUT2D eigenvalue weighted by Gasteiger charge is 1.94. The molecule has 4 nitrogen and oxygen atoms in total. The molecule has 0 heterocycles. The van der Waals surface area contributed by atoms with Crippen LogP contribution in [0.1, 0.15) is 20.3 Å². The monoisotopic (exact) mass is 144 g/mol. The third-order valence-electron chi connectivity index (χ3n) is 1.00. The first-order chi connectivity index (χ1) is 4.70. The summed E-state index contributed by atoms with van der Waals surface area (Å²) in [5, 5.41) is 5.79. The van der Waals surface area contributed by atoms with Crippen molar-refractivity contribution in [2.24, 2.45) is 5.16 Å². The zero-order chi connectivity index (χ0) is 7.98. The Morgan fingerprint density at radius 1 is 1.70 bits per heavy atom. The van der Waals surface area contributed by atoms with Crippen LogP contribution in [-0.4, -0.2) is 18.9 Å². The van der Waals surface area contributed by atoms with Crippen molar-refractivity contribution < 1.29 is 9.63 Å². The van der Waals surface area contributed by atoms with Gasteiger partial charge in [-0.2, -0.15) is 0 Å². The second-order valence-corrected chi connectivity index (χ2v) is 1.81. The third-order valence-corrected chi connectivity index (χ3v) is 1.00. The van der Waals surface area contributed by atoms with Crippen LogP contribution in [0.3, 0.4) is 0 Å². The van der Waals surface area contributed by atoms with Gasteiger partial charge in [-0.15, -0.1) is 0 Å². The largest absolute Gasteiger partial charge is 0.433 e. The van der Waals surface area contributed by atoms with Crippen molar-refractivity contribution >= 4 is 11.8 Å². The number of carbonyl (C=O) groups is 1. The molecule has 0 rings (SSSR count). The Labute approximate surface area is 60.2 Å². The Kier molecular flexibility index (Phi) is 4.28. The number of hydrogen-bond acceptors (Lipinski definition) is 3. The Balaban J connectivity index is 3.61. The van der Waals surface area contributed by atoms with Gasteiger partial charge >= 0.3 is 6.09 Å². The minimum absolute atomic E-state index is 0.534. The first-order valence-electron chi connectivity index (χ1n) is 3.13. The van der Waals surface area contributed by atoms with Gasteiger partial charge in [0.15, 0.2) is 0 Å². The fourth-order valence-corrected chi connectivity index (χ4v) is 0.230. The molecule has 1 N–H and O–H groups in total. The molecule has 4 heteroatoms. The van der Waals surface area contributed by atoms with Gasteiger partial charge in [0.1, 0.15) is 0 Å². The summed E-state index contributed by atoms with van der Waals surface area (Å²) < 4.78 is 0. The van der Waals surface area contributed by atoms with Crippen LogP contribution in [0.5, 0.6) is 0 Å². The molecule has 0 bridgehead atoms. The molecule has 0 aliphatic carbocycles. The van der Waals surface area contributed by atoms with Crippen molar-refractivity contribution in [3.8, 4) is 0 Å². The fourth-order valence-electron chi connectivity index (χ4n) is 0.230. The first kappa shape index (κ1) is 8.94. The van der Waals surface area contributed by atoms with Crippen molar-refractivity contribution in [3.63, 3.8) is 0 Å². The second-order valence-electron chi connectivity index (χ2n) is 1.81. The van der Waals surface area contributed by atoms with E-state index in [1.165, 1.54) is 7.05 Å². The highest BCUT2D eigenvalue weighted by molar-refractivity contribution is 5.81. The lowest BCUT2D eigenvalue weighted by Crippen LogP contribution is -2.17. The molecule has 0 radical (unpaired) electrons. The van der Waals surface area contributed by atoms with Gasteiger partial charge in [0.25, 0.3) is 0 Å². The van der Waals surface area contributed by atoms with E-state index < -0.39 is 6.09 Å². The Hall–Kier alpha value is -1.06. The van der Waals surface area contributed by atoms with E-state index in [9.17, 15) is 4.79 Å². The minimum Gasteiger partial charge on any atom is -0.323 e. The van der Waals surface area contributed by atoms with Crippen molar-refractivity contribution in [1.82, 2.24) is 5.32 Å². The summed E-state index contributed by atoms with van der Waals surface area (Å²) in [7, 11) is 1.49. The van der Waals surface area contributed by atoms with Crippen LogP contribution >= 0.6 is 0 Å². The first-order valence-corrected chi connectivity index (χ1v) is 3.13. The molecular weight excluding hydrogens is 132 g/mol. The molecule has 0 aromatic heterocycles. The van der Waals surface area contributed by atoms with Crippen LogP contribution in [0.4, 0.5) is 4.79 Å². The maximum atomic E-state index is 10.4. The average Bonchev–Trinajstić information content (AvgIpc) is 1.99. The Morgan fingerprint density at radius 2 is 2.30 bits per heavy atom. The van der Waals surface area contributed by atoms with E-state index in [1.807, 2.05) is 6.92 Å². The summed E-state index contributed by atoms with van der Waals surface area (Å²) >= 11 is 0. The van der Waals surface area contributed by atoms with E-state index in [-0.39, 0.29) is 0 Å². The van der Waals surface area contributed by atoms with E-state index in [1.54, 1.807) is 6.92 Å². The molecule has 10 heavy (non-hydrogen) atoms. The topological polar surface area (TPSA) is 50.7 Å². The summed E-state index contributed by atoms with van der Waals surface area (Å²) in [6, 6.07) is 0. The summed E-state index contributed by atoms with van der Waals surface area (Å²) in [5.74, 6) is 0. The van der Waals surface area contributed by atoms with Crippen molar-refractivity contribution in [2.45, 2.75) is 20.3 Å². The van der Waals surface area contributed by atoms with Crippen LogP contribution in [0.15, 0.2) is 5.16 Å². The molecule has 0 saturated carbocycles. The molecule has 0 saturated heterocycles. The van der Waals surface area contributed by atoms with Crippen molar-refractivity contribution in [1.29, 1.82) is 0 Å². The summed E-state index contributed by atoms with van der Waals surface area (Å²) in [6.45, 7) is 3.73. The van der Waals surface area contributed by atoms with Gasteiger partial charge in [-0.3, -0.25) is 4.84 Å². The number of carbonyl (C=O) groups excluding carboxylic acids is 1.